The first-order chi connectivity index (χ1) is 11.0. The van der Waals surface area contributed by atoms with Gasteiger partial charge in [0.2, 0.25) is 17.7 Å². The molecule has 1 aromatic rings. The molecule has 2 N–H and O–H groups in total. The van der Waals surface area contributed by atoms with Crippen LogP contribution in [0, 0.1) is 0 Å². The second-order valence-electron chi connectivity index (χ2n) is 5.74. The molecule has 1 aliphatic heterocycles. The maximum absolute atomic E-state index is 12.5. The summed E-state index contributed by atoms with van der Waals surface area (Å²) in [5.41, 5.74) is 0.969. The van der Waals surface area contributed by atoms with Gasteiger partial charge in [0.15, 0.2) is 0 Å². The van der Waals surface area contributed by atoms with E-state index in [1.165, 1.54) is 6.92 Å². The molecule has 1 fully saturated rings. The number of nitrogens with one attached hydrogen (secondary N) is 2. The first kappa shape index (κ1) is 17.0. The molecular formula is C17H23N3O3. The monoisotopic (exact) mass is 317 g/mol. The van der Waals surface area contributed by atoms with Crippen molar-refractivity contribution in [1.82, 2.24) is 15.5 Å². The van der Waals surface area contributed by atoms with Gasteiger partial charge < -0.3 is 15.5 Å². The molecule has 1 aliphatic rings. The van der Waals surface area contributed by atoms with Crippen LogP contribution < -0.4 is 10.6 Å². The highest BCUT2D eigenvalue weighted by Gasteiger charge is 2.34. The molecule has 1 saturated heterocycles. The van der Waals surface area contributed by atoms with E-state index in [2.05, 4.69) is 10.6 Å². The second-order valence-corrected chi connectivity index (χ2v) is 5.74. The molecule has 0 aliphatic carbocycles. The summed E-state index contributed by atoms with van der Waals surface area (Å²) in [6.45, 7) is 2.06. The Morgan fingerprint density at radius 2 is 1.96 bits per heavy atom. The van der Waals surface area contributed by atoms with Crippen LogP contribution in [0.1, 0.15) is 25.3 Å². The van der Waals surface area contributed by atoms with Crippen LogP contribution >= 0.6 is 0 Å². The first-order valence-electron chi connectivity index (χ1n) is 7.86. The number of hydrogen-bond donors (Lipinski definition) is 2. The van der Waals surface area contributed by atoms with E-state index in [-0.39, 0.29) is 17.7 Å². The molecule has 6 heteroatoms. The van der Waals surface area contributed by atoms with Crippen LogP contribution in [0.2, 0.25) is 0 Å². The molecule has 1 aromatic carbocycles. The number of likely N-dealkylation sites (N-methyl/N-ethyl adjacent to an activating group) is 1. The van der Waals surface area contributed by atoms with Gasteiger partial charge in [0, 0.05) is 26.9 Å². The van der Waals surface area contributed by atoms with Crippen molar-refractivity contribution in [3.8, 4) is 0 Å². The third kappa shape index (κ3) is 4.31. The molecule has 2 rings (SSSR count). The third-order valence-corrected chi connectivity index (χ3v) is 4.12. The Morgan fingerprint density at radius 3 is 2.57 bits per heavy atom. The zero-order valence-corrected chi connectivity index (χ0v) is 13.5. The van der Waals surface area contributed by atoms with Crippen LogP contribution in [-0.4, -0.2) is 48.3 Å². The lowest BCUT2D eigenvalue weighted by Gasteiger charge is -2.25. The Morgan fingerprint density at radius 1 is 1.26 bits per heavy atom. The van der Waals surface area contributed by atoms with Crippen molar-refractivity contribution in [1.29, 1.82) is 0 Å². The Kier molecular flexibility index (Phi) is 5.73. The van der Waals surface area contributed by atoms with Gasteiger partial charge in [-0.3, -0.25) is 14.4 Å². The number of amides is 3. The Bertz CT molecular complexity index is 574. The SMILES string of the molecule is CNC(=O)[C@H](Cc1ccccc1)NC(=O)[C@@H]1CCCN1C(C)=O. The number of hydrogen-bond acceptors (Lipinski definition) is 3. The van der Waals surface area contributed by atoms with Crippen LogP contribution in [-0.2, 0) is 20.8 Å². The lowest BCUT2D eigenvalue weighted by Crippen LogP contribution is -2.53. The van der Waals surface area contributed by atoms with Crippen molar-refractivity contribution in [3.63, 3.8) is 0 Å². The largest absolute Gasteiger partial charge is 0.357 e. The molecule has 23 heavy (non-hydrogen) atoms. The molecule has 6 nitrogen and oxygen atoms in total. The molecule has 0 spiro atoms. The normalized spacial score (nSPS) is 18.3. The Hall–Kier alpha value is -2.37. The van der Waals surface area contributed by atoms with Crippen molar-refractivity contribution in [2.24, 2.45) is 0 Å². The molecular weight excluding hydrogens is 294 g/mol. The number of benzene rings is 1. The average Bonchev–Trinajstić information content (AvgIpc) is 3.04. The lowest BCUT2D eigenvalue weighted by atomic mass is 10.0. The average molecular weight is 317 g/mol. The van der Waals surface area contributed by atoms with Gasteiger partial charge in [-0.2, -0.15) is 0 Å². The highest BCUT2D eigenvalue weighted by molar-refractivity contribution is 5.92. The molecule has 124 valence electrons. The van der Waals surface area contributed by atoms with Crippen molar-refractivity contribution in [2.75, 3.05) is 13.6 Å². The van der Waals surface area contributed by atoms with E-state index in [0.717, 1.165) is 12.0 Å². The van der Waals surface area contributed by atoms with E-state index >= 15 is 0 Å². The van der Waals surface area contributed by atoms with Gasteiger partial charge in [0.05, 0.1) is 0 Å². The number of carbonyl (C=O) groups is 3. The summed E-state index contributed by atoms with van der Waals surface area (Å²) < 4.78 is 0. The van der Waals surface area contributed by atoms with E-state index in [4.69, 9.17) is 0 Å². The minimum absolute atomic E-state index is 0.109. The number of nitrogens with zero attached hydrogens (tertiary/aromatic N) is 1. The predicted molar refractivity (Wildman–Crippen MR) is 86.6 cm³/mol. The highest BCUT2D eigenvalue weighted by atomic mass is 16.2. The molecule has 2 atom stereocenters. The number of likely N-dealkylation sites (tertiary alicyclic amines) is 1. The smallest absolute Gasteiger partial charge is 0.243 e. The van der Waals surface area contributed by atoms with Gasteiger partial charge in [0.1, 0.15) is 12.1 Å². The van der Waals surface area contributed by atoms with E-state index < -0.39 is 12.1 Å². The summed E-state index contributed by atoms with van der Waals surface area (Å²) >= 11 is 0. The summed E-state index contributed by atoms with van der Waals surface area (Å²) in [6.07, 6.45) is 1.86. The summed E-state index contributed by atoms with van der Waals surface area (Å²) in [4.78, 5) is 37.7. The highest BCUT2D eigenvalue weighted by Crippen LogP contribution is 2.17. The van der Waals surface area contributed by atoms with Crippen LogP contribution in [0.5, 0.6) is 0 Å². The summed E-state index contributed by atoms with van der Waals surface area (Å²) in [5, 5.41) is 5.38. The fraction of sp³-hybridized carbons (Fsp3) is 0.471. The standard InChI is InChI=1S/C17H23N3O3/c1-12(21)20-10-6-9-15(20)17(23)19-14(16(22)18-2)11-13-7-4-3-5-8-13/h3-5,7-8,14-15H,6,9-11H2,1-2H3,(H,18,22)(H,19,23)/t14-,15-/m0/s1. The molecule has 0 unspecified atom stereocenters. The fourth-order valence-corrected chi connectivity index (χ4v) is 2.92. The summed E-state index contributed by atoms with van der Waals surface area (Å²) in [6, 6.07) is 8.40. The van der Waals surface area contributed by atoms with Crippen molar-refractivity contribution < 1.29 is 14.4 Å². The number of rotatable bonds is 5. The molecule has 0 aromatic heterocycles. The topological polar surface area (TPSA) is 78.5 Å². The van der Waals surface area contributed by atoms with Crippen LogP contribution in [0.3, 0.4) is 0 Å². The van der Waals surface area contributed by atoms with E-state index in [1.54, 1.807) is 11.9 Å². The minimum Gasteiger partial charge on any atom is -0.357 e. The van der Waals surface area contributed by atoms with Crippen molar-refractivity contribution in [2.45, 2.75) is 38.3 Å². The molecule has 1 heterocycles. The van der Waals surface area contributed by atoms with Crippen molar-refractivity contribution >= 4 is 17.7 Å². The predicted octanol–water partition coefficient (Wildman–Crippen LogP) is 0.471. The second kappa shape index (κ2) is 7.76. The molecule has 0 bridgehead atoms. The van der Waals surface area contributed by atoms with Gasteiger partial charge in [0.25, 0.3) is 0 Å². The molecule has 0 saturated carbocycles. The zero-order valence-electron chi connectivity index (χ0n) is 13.5. The van der Waals surface area contributed by atoms with Crippen molar-refractivity contribution in [3.05, 3.63) is 35.9 Å². The maximum atomic E-state index is 12.5. The quantitative estimate of drug-likeness (QED) is 0.829. The number of carbonyl (C=O) groups excluding carboxylic acids is 3. The Labute approximate surface area is 136 Å². The Balaban J connectivity index is 2.06. The van der Waals surface area contributed by atoms with Crippen LogP contribution in [0.4, 0.5) is 0 Å². The van der Waals surface area contributed by atoms with Gasteiger partial charge in [-0.05, 0) is 18.4 Å². The summed E-state index contributed by atoms with van der Waals surface area (Å²) in [7, 11) is 1.55. The lowest BCUT2D eigenvalue weighted by molar-refractivity contribution is -0.138. The van der Waals surface area contributed by atoms with E-state index in [0.29, 0.717) is 19.4 Å². The van der Waals surface area contributed by atoms with E-state index in [9.17, 15) is 14.4 Å². The zero-order chi connectivity index (χ0) is 16.8. The van der Waals surface area contributed by atoms with Gasteiger partial charge in [-0.25, -0.2) is 0 Å². The third-order valence-electron chi connectivity index (χ3n) is 4.12. The van der Waals surface area contributed by atoms with Crippen LogP contribution in [0.25, 0.3) is 0 Å². The van der Waals surface area contributed by atoms with Gasteiger partial charge in [-0.1, -0.05) is 30.3 Å². The molecule has 0 radical (unpaired) electrons. The fourth-order valence-electron chi connectivity index (χ4n) is 2.92. The first-order valence-corrected chi connectivity index (χ1v) is 7.86. The summed E-state index contributed by atoms with van der Waals surface area (Å²) in [5.74, 6) is -0.612. The van der Waals surface area contributed by atoms with Gasteiger partial charge in [-0.15, -0.1) is 0 Å². The molecule has 3 amide bonds. The van der Waals surface area contributed by atoms with Gasteiger partial charge >= 0.3 is 0 Å². The minimum atomic E-state index is -0.649. The van der Waals surface area contributed by atoms with Crippen LogP contribution in [0.15, 0.2) is 30.3 Å². The maximum Gasteiger partial charge on any atom is 0.243 e. The van der Waals surface area contributed by atoms with E-state index in [1.807, 2.05) is 30.3 Å².